The van der Waals surface area contributed by atoms with Gasteiger partial charge in [-0.1, -0.05) is 0 Å². The van der Waals surface area contributed by atoms with Crippen molar-refractivity contribution in [2.75, 3.05) is 34.2 Å². The van der Waals surface area contributed by atoms with E-state index in [9.17, 15) is 9.59 Å². The smallest absolute Gasteiger partial charge is 0.236 e. The molecule has 0 unspecified atom stereocenters. The molecule has 2 N–H and O–H groups in total. The van der Waals surface area contributed by atoms with Crippen LogP contribution in [0.3, 0.4) is 0 Å². The Morgan fingerprint density at radius 3 is 2.00 bits per heavy atom. The van der Waals surface area contributed by atoms with Crippen LogP contribution in [0.25, 0.3) is 0 Å². The second kappa shape index (κ2) is 4.71. The second-order valence-electron chi connectivity index (χ2n) is 2.93. The number of amides is 2. The van der Waals surface area contributed by atoms with Crippen LogP contribution < -0.4 is 5.73 Å². The van der Waals surface area contributed by atoms with Gasteiger partial charge in [-0.3, -0.25) is 14.5 Å². The summed E-state index contributed by atoms with van der Waals surface area (Å²) in [7, 11) is 5.01. The molecule has 0 aromatic carbocycles. The highest BCUT2D eigenvalue weighted by Crippen LogP contribution is 1.85. The number of carbonyl (C=O) groups excluding carboxylic acids is 2. The highest BCUT2D eigenvalue weighted by atomic mass is 16.2. The van der Waals surface area contributed by atoms with E-state index in [0.29, 0.717) is 0 Å². The van der Waals surface area contributed by atoms with Crippen LogP contribution in [0, 0.1) is 0 Å². The Morgan fingerprint density at radius 2 is 1.67 bits per heavy atom. The fourth-order valence-electron chi connectivity index (χ4n) is 0.694. The molecule has 0 saturated carbocycles. The molecule has 0 spiro atoms. The van der Waals surface area contributed by atoms with E-state index in [0.717, 1.165) is 0 Å². The van der Waals surface area contributed by atoms with E-state index >= 15 is 0 Å². The zero-order valence-electron chi connectivity index (χ0n) is 7.70. The predicted octanol–water partition coefficient (Wildman–Crippen LogP) is -1.51. The van der Waals surface area contributed by atoms with Crippen molar-refractivity contribution in [3.63, 3.8) is 0 Å². The van der Waals surface area contributed by atoms with E-state index in [1.165, 1.54) is 4.90 Å². The third kappa shape index (κ3) is 4.68. The van der Waals surface area contributed by atoms with Gasteiger partial charge in [-0.05, 0) is 7.05 Å². The minimum Gasteiger partial charge on any atom is -0.369 e. The maximum absolute atomic E-state index is 11.1. The minimum atomic E-state index is -0.427. The molecule has 0 aliphatic heterocycles. The number of hydrogen-bond donors (Lipinski definition) is 1. The van der Waals surface area contributed by atoms with Gasteiger partial charge in [-0.2, -0.15) is 0 Å². The standard InChI is InChI=1S/C7H15N3O2/c1-9(2)7(12)5-10(3)4-6(8)11/h4-5H2,1-3H3,(H2,8,11). The van der Waals surface area contributed by atoms with Gasteiger partial charge in [-0.15, -0.1) is 0 Å². The molecule has 2 amide bonds. The van der Waals surface area contributed by atoms with Crippen molar-refractivity contribution in [2.24, 2.45) is 5.73 Å². The highest BCUT2D eigenvalue weighted by molar-refractivity contribution is 5.79. The summed E-state index contributed by atoms with van der Waals surface area (Å²) in [5.41, 5.74) is 4.94. The molecule has 0 saturated heterocycles. The summed E-state index contributed by atoms with van der Waals surface area (Å²) in [5, 5.41) is 0. The van der Waals surface area contributed by atoms with E-state index in [2.05, 4.69) is 0 Å². The topological polar surface area (TPSA) is 66.6 Å². The number of carbonyl (C=O) groups is 2. The first-order chi connectivity index (χ1) is 5.43. The first-order valence-electron chi connectivity index (χ1n) is 3.60. The molecule has 0 aliphatic rings. The van der Waals surface area contributed by atoms with Gasteiger partial charge in [-0.25, -0.2) is 0 Å². The Labute approximate surface area is 72.1 Å². The largest absolute Gasteiger partial charge is 0.369 e. The maximum atomic E-state index is 11.1. The van der Waals surface area contributed by atoms with Crippen LogP contribution in [-0.2, 0) is 9.59 Å². The lowest BCUT2D eigenvalue weighted by Crippen LogP contribution is -2.38. The zero-order valence-corrected chi connectivity index (χ0v) is 7.70. The fraction of sp³-hybridized carbons (Fsp3) is 0.714. The van der Waals surface area contributed by atoms with Gasteiger partial charge in [0, 0.05) is 14.1 Å². The molecule has 0 rings (SSSR count). The SMILES string of the molecule is CN(CC(N)=O)CC(=O)N(C)C. The van der Waals surface area contributed by atoms with Crippen LogP contribution in [0.5, 0.6) is 0 Å². The number of rotatable bonds is 4. The Morgan fingerprint density at radius 1 is 1.17 bits per heavy atom. The molecule has 70 valence electrons. The number of primary amides is 1. The minimum absolute atomic E-state index is 0.0428. The van der Waals surface area contributed by atoms with Gasteiger partial charge >= 0.3 is 0 Å². The quantitative estimate of drug-likeness (QED) is 0.562. The van der Waals surface area contributed by atoms with E-state index in [-0.39, 0.29) is 19.0 Å². The summed E-state index contributed by atoms with van der Waals surface area (Å²) in [6.07, 6.45) is 0. The number of likely N-dealkylation sites (N-methyl/N-ethyl adjacent to an activating group) is 2. The molecule has 0 bridgehead atoms. The Bertz CT molecular complexity index is 179. The molecule has 0 radical (unpaired) electrons. The maximum Gasteiger partial charge on any atom is 0.236 e. The van der Waals surface area contributed by atoms with E-state index in [4.69, 9.17) is 5.73 Å². The third-order valence-corrected chi connectivity index (χ3v) is 1.33. The van der Waals surface area contributed by atoms with Crippen LogP contribution >= 0.6 is 0 Å². The van der Waals surface area contributed by atoms with Gasteiger partial charge in [0.05, 0.1) is 13.1 Å². The van der Waals surface area contributed by atoms with E-state index < -0.39 is 5.91 Å². The molecule has 0 aromatic heterocycles. The van der Waals surface area contributed by atoms with Gasteiger partial charge in [0.2, 0.25) is 11.8 Å². The number of hydrogen-bond acceptors (Lipinski definition) is 3. The summed E-state index contributed by atoms with van der Waals surface area (Å²) >= 11 is 0. The Hall–Kier alpha value is -1.10. The normalized spacial score (nSPS) is 10.0. The molecular weight excluding hydrogens is 158 g/mol. The number of nitrogens with zero attached hydrogens (tertiary/aromatic N) is 2. The molecule has 12 heavy (non-hydrogen) atoms. The predicted molar refractivity (Wildman–Crippen MR) is 45.4 cm³/mol. The molecular formula is C7H15N3O2. The molecule has 0 fully saturated rings. The molecule has 0 aromatic rings. The molecule has 0 atom stereocenters. The first kappa shape index (κ1) is 10.9. The summed E-state index contributed by atoms with van der Waals surface area (Å²) in [6.45, 7) is 0.329. The molecule has 5 nitrogen and oxygen atoms in total. The van der Waals surface area contributed by atoms with Crippen molar-refractivity contribution in [3.05, 3.63) is 0 Å². The van der Waals surface area contributed by atoms with Gasteiger partial charge in [0.25, 0.3) is 0 Å². The molecule has 0 heterocycles. The third-order valence-electron chi connectivity index (χ3n) is 1.33. The zero-order chi connectivity index (χ0) is 9.72. The lowest BCUT2D eigenvalue weighted by atomic mass is 10.4. The van der Waals surface area contributed by atoms with Crippen LogP contribution in [0.15, 0.2) is 0 Å². The van der Waals surface area contributed by atoms with Gasteiger partial charge in [0.15, 0.2) is 0 Å². The van der Waals surface area contributed by atoms with Crippen molar-refractivity contribution in [1.29, 1.82) is 0 Å². The fourth-order valence-corrected chi connectivity index (χ4v) is 0.694. The van der Waals surface area contributed by atoms with Crippen LogP contribution in [-0.4, -0.2) is 55.8 Å². The van der Waals surface area contributed by atoms with Crippen LogP contribution in [0.2, 0.25) is 0 Å². The first-order valence-corrected chi connectivity index (χ1v) is 3.60. The molecule has 5 heteroatoms. The van der Waals surface area contributed by atoms with Crippen LogP contribution in [0.4, 0.5) is 0 Å². The van der Waals surface area contributed by atoms with Crippen molar-refractivity contribution in [3.8, 4) is 0 Å². The Balaban J connectivity index is 3.76. The number of nitrogens with two attached hydrogens (primary N) is 1. The highest BCUT2D eigenvalue weighted by Gasteiger charge is 2.09. The summed E-state index contributed by atoms with van der Waals surface area (Å²) in [6, 6.07) is 0. The summed E-state index contributed by atoms with van der Waals surface area (Å²) in [5.74, 6) is -0.470. The Kier molecular flexibility index (Phi) is 4.28. The van der Waals surface area contributed by atoms with E-state index in [1.807, 2.05) is 0 Å². The van der Waals surface area contributed by atoms with Crippen molar-refractivity contribution < 1.29 is 9.59 Å². The van der Waals surface area contributed by atoms with Crippen molar-refractivity contribution >= 4 is 11.8 Å². The summed E-state index contributed by atoms with van der Waals surface area (Å²) < 4.78 is 0. The van der Waals surface area contributed by atoms with Crippen molar-refractivity contribution in [2.45, 2.75) is 0 Å². The second-order valence-corrected chi connectivity index (χ2v) is 2.93. The van der Waals surface area contributed by atoms with E-state index in [1.54, 1.807) is 26.0 Å². The van der Waals surface area contributed by atoms with Crippen molar-refractivity contribution in [1.82, 2.24) is 9.80 Å². The average Bonchev–Trinajstić information content (AvgIpc) is 1.84. The van der Waals surface area contributed by atoms with Crippen LogP contribution in [0.1, 0.15) is 0 Å². The lowest BCUT2D eigenvalue weighted by molar-refractivity contribution is -0.130. The average molecular weight is 173 g/mol. The lowest BCUT2D eigenvalue weighted by Gasteiger charge is -2.16. The monoisotopic (exact) mass is 173 g/mol. The molecule has 0 aliphatic carbocycles. The van der Waals surface area contributed by atoms with Gasteiger partial charge in [0.1, 0.15) is 0 Å². The summed E-state index contributed by atoms with van der Waals surface area (Å²) in [4.78, 5) is 24.5. The van der Waals surface area contributed by atoms with Gasteiger partial charge < -0.3 is 10.6 Å².